The smallest absolute Gasteiger partial charge is 0.338 e. The van der Waals surface area contributed by atoms with Gasteiger partial charge in [-0.3, -0.25) is 4.79 Å². The fourth-order valence-corrected chi connectivity index (χ4v) is 3.98. The number of ether oxygens (including phenoxy) is 1. The van der Waals surface area contributed by atoms with Gasteiger partial charge < -0.3 is 9.30 Å². The first-order valence-electron chi connectivity index (χ1n) is 8.33. The molecule has 0 radical (unpaired) electrons. The number of carbonyl (C=O) groups excluding carboxylic acids is 2. The minimum Gasteiger partial charge on any atom is -0.454 e. The van der Waals surface area contributed by atoms with Gasteiger partial charge in [-0.2, -0.15) is 0 Å². The summed E-state index contributed by atoms with van der Waals surface area (Å²) in [6, 6.07) is 5.46. The Morgan fingerprint density at radius 1 is 1.29 bits per heavy atom. The van der Waals surface area contributed by atoms with E-state index in [2.05, 4.69) is 11.3 Å². The molecular formula is C19H21ClN2O5S. The number of aromatic nitrogens is 1. The number of esters is 1. The third-order valence-corrected chi connectivity index (χ3v) is 6.14. The highest BCUT2D eigenvalue weighted by Gasteiger charge is 2.21. The van der Waals surface area contributed by atoms with E-state index in [1.165, 1.54) is 19.2 Å². The van der Waals surface area contributed by atoms with E-state index in [-0.39, 0.29) is 21.3 Å². The van der Waals surface area contributed by atoms with Gasteiger partial charge in [0.2, 0.25) is 15.8 Å². The second kappa shape index (κ2) is 8.72. The number of allylic oxidation sites excluding steroid dienone is 1. The Bertz CT molecular complexity index is 1040. The van der Waals surface area contributed by atoms with Crippen LogP contribution in [0, 0.1) is 13.8 Å². The summed E-state index contributed by atoms with van der Waals surface area (Å²) in [5.41, 5.74) is 2.09. The Hall–Kier alpha value is -2.42. The van der Waals surface area contributed by atoms with Crippen LogP contribution in [0.5, 0.6) is 0 Å². The van der Waals surface area contributed by atoms with Gasteiger partial charge in [-0.15, -0.1) is 6.58 Å². The normalized spacial score (nSPS) is 11.3. The van der Waals surface area contributed by atoms with Gasteiger partial charge >= 0.3 is 5.97 Å². The molecule has 0 aliphatic carbocycles. The number of Topliss-reactive ketones (excluding diaryl/α,β-unsaturated/α-hetero) is 1. The van der Waals surface area contributed by atoms with Crippen molar-refractivity contribution in [1.29, 1.82) is 0 Å². The molecule has 9 heteroatoms. The van der Waals surface area contributed by atoms with Crippen molar-refractivity contribution >= 4 is 33.4 Å². The first-order chi connectivity index (χ1) is 13.1. The largest absolute Gasteiger partial charge is 0.454 e. The molecule has 1 aromatic carbocycles. The lowest BCUT2D eigenvalue weighted by Gasteiger charge is -2.09. The van der Waals surface area contributed by atoms with Crippen molar-refractivity contribution < 1.29 is 22.7 Å². The molecule has 0 spiro atoms. The molecule has 0 atom stereocenters. The van der Waals surface area contributed by atoms with Crippen LogP contribution >= 0.6 is 11.6 Å². The monoisotopic (exact) mass is 424 g/mol. The van der Waals surface area contributed by atoms with Crippen LogP contribution in [0.1, 0.15) is 32.1 Å². The maximum atomic E-state index is 12.5. The van der Waals surface area contributed by atoms with Crippen molar-refractivity contribution in [3.63, 3.8) is 0 Å². The van der Waals surface area contributed by atoms with E-state index in [4.69, 9.17) is 16.3 Å². The zero-order valence-corrected chi connectivity index (χ0v) is 17.4. The van der Waals surface area contributed by atoms with Gasteiger partial charge in [0.05, 0.1) is 10.6 Å². The second-order valence-corrected chi connectivity index (χ2v) is 8.30. The van der Waals surface area contributed by atoms with Gasteiger partial charge in [0.15, 0.2) is 6.61 Å². The summed E-state index contributed by atoms with van der Waals surface area (Å²) in [4.78, 5) is 24.5. The predicted molar refractivity (Wildman–Crippen MR) is 106 cm³/mol. The molecule has 0 aliphatic rings. The molecule has 0 fully saturated rings. The maximum absolute atomic E-state index is 12.5. The van der Waals surface area contributed by atoms with Crippen molar-refractivity contribution in [3.8, 4) is 0 Å². The summed E-state index contributed by atoms with van der Waals surface area (Å²) in [5, 5.41) is -0.0309. The number of hydrogen-bond donors (Lipinski definition) is 1. The predicted octanol–water partition coefficient (Wildman–Crippen LogP) is 2.89. The standard InChI is InChI=1S/C19H21ClN2O5S/c1-5-8-22-12(2)9-15(13(22)3)17(23)11-27-19(24)14-6-7-16(20)18(10-14)28(25,26)21-4/h5-7,9-10,21H,1,8,11H2,2-4H3. The van der Waals surface area contributed by atoms with Crippen LogP contribution in [0.15, 0.2) is 41.8 Å². The highest BCUT2D eigenvalue weighted by molar-refractivity contribution is 7.89. The van der Waals surface area contributed by atoms with E-state index in [1.54, 1.807) is 19.1 Å². The number of sulfonamides is 1. The number of rotatable bonds is 8. The minimum absolute atomic E-state index is 0.0249. The van der Waals surface area contributed by atoms with E-state index in [0.717, 1.165) is 17.5 Å². The first kappa shape index (κ1) is 21.9. The van der Waals surface area contributed by atoms with E-state index < -0.39 is 22.6 Å². The summed E-state index contributed by atoms with van der Waals surface area (Å²) in [6.07, 6.45) is 1.73. The summed E-state index contributed by atoms with van der Waals surface area (Å²) in [5.74, 6) is -1.17. The van der Waals surface area contributed by atoms with Crippen molar-refractivity contribution in [1.82, 2.24) is 9.29 Å². The molecule has 2 rings (SSSR count). The SMILES string of the molecule is C=CCn1c(C)cc(C(=O)COC(=O)c2ccc(Cl)c(S(=O)(=O)NC)c2)c1C. The summed E-state index contributed by atoms with van der Waals surface area (Å²) < 4.78 is 33.1. The number of nitrogens with zero attached hydrogens (tertiary/aromatic N) is 1. The lowest BCUT2D eigenvalue weighted by molar-refractivity contribution is 0.0474. The van der Waals surface area contributed by atoms with Crippen LogP contribution in [0.3, 0.4) is 0 Å². The fourth-order valence-electron chi connectivity index (χ4n) is 2.73. The van der Waals surface area contributed by atoms with Crippen LogP contribution in [0.25, 0.3) is 0 Å². The number of halogens is 1. The van der Waals surface area contributed by atoms with Crippen LogP contribution in [-0.4, -0.2) is 38.4 Å². The number of ketones is 1. The molecule has 28 heavy (non-hydrogen) atoms. The maximum Gasteiger partial charge on any atom is 0.338 e. The Kier molecular flexibility index (Phi) is 6.82. The molecule has 0 saturated heterocycles. The number of hydrogen-bond acceptors (Lipinski definition) is 5. The highest BCUT2D eigenvalue weighted by atomic mass is 35.5. The Balaban J connectivity index is 2.17. The second-order valence-electron chi connectivity index (χ2n) is 6.04. The minimum atomic E-state index is -3.84. The third-order valence-electron chi connectivity index (χ3n) is 4.25. The topological polar surface area (TPSA) is 94.5 Å². The van der Waals surface area contributed by atoms with Crippen molar-refractivity contribution in [2.45, 2.75) is 25.3 Å². The van der Waals surface area contributed by atoms with Crippen molar-refractivity contribution in [3.05, 3.63) is 64.5 Å². The van der Waals surface area contributed by atoms with E-state index in [1.807, 2.05) is 11.5 Å². The fraction of sp³-hybridized carbons (Fsp3) is 0.263. The molecule has 0 unspecified atom stereocenters. The Labute approximate surface area is 169 Å². The average molecular weight is 425 g/mol. The van der Waals surface area contributed by atoms with Gasteiger partial charge in [-0.1, -0.05) is 17.7 Å². The van der Waals surface area contributed by atoms with Crippen LogP contribution in [0.4, 0.5) is 0 Å². The summed E-state index contributed by atoms with van der Waals surface area (Å²) in [6.45, 7) is 7.47. The molecule has 2 aromatic rings. The van der Waals surface area contributed by atoms with Crippen molar-refractivity contribution in [2.75, 3.05) is 13.7 Å². The zero-order valence-electron chi connectivity index (χ0n) is 15.8. The zero-order chi connectivity index (χ0) is 21.1. The molecule has 0 bridgehead atoms. The lowest BCUT2D eigenvalue weighted by atomic mass is 10.1. The molecule has 0 saturated carbocycles. The van der Waals surface area contributed by atoms with Crippen LogP contribution < -0.4 is 4.72 Å². The van der Waals surface area contributed by atoms with E-state index in [9.17, 15) is 18.0 Å². The molecular weight excluding hydrogens is 404 g/mol. The molecule has 7 nitrogen and oxygen atoms in total. The van der Waals surface area contributed by atoms with E-state index in [0.29, 0.717) is 12.1 Å². The number of carbonyl (C=O) groups is 2. The summed E-state index contributed by atoms with van der Waals surface area (Å²) in [7, 11) is -2.61. The quantitative estimate of drug-likeness (QED) is 0.399. The lowest BCUT2D eigenvalue weighted by Crippen LogP contribution is -2.20. The number of aryl methyl sites for hydroxylation is 1. The van der Waals surface area contributed by atoms with Gasteiger partial charge in [-0.05, 0) is 45.2 Å². The molecule has 1 N–H and O–H groups in total. The van der Waals surface area contributed by atoms with Gasteiger partial charge in [-0.25, -0.2) is 17.9 Å². The third kappa shape index (κ3) is 4.52. The Morgan fingerprint density at radius 2 is 1.96 bits per heavy atom. The number of nitrogens with one attached hydrogen (secondary N) is 1. The van der Waals surface area contributed by atoms with Gasteiger partial charge in [0.25, 0.3) is 0 Å². The molecule has 0 aliphatic heterocycles. The van der Waals surface area contributed by atoms with Crippen LogP contribution in [0.2, 0.25) is 5.02 Å². The van der Waals surface area contributed by atoms with Crippen molar-refractivity contribution in [2.24, 2.45) is 0 Å². The Morgan fingerprint density at radius 3 is 2.57 bits per heavy atom. The summed E-state index contributed by atoms with van der Waals surface area (Å²) >= 11 is 5.90. The van der Waals surface area contributed by atoms with E-state index >= 15 is 0 Å². The molecule has 150 valence electrons. The average Bonchev–Trinajstić information content (AvgIpc) is 2.94. The first-order valence-corrected chi connectivity index (χ1v) is 10.2. The molecule has 0 amide bonds. The molecule has 1 aromatic heterocycles. The van der Waals surface area contributed by atoms with Gasteiger partial charge in [0, 0.05) is 23.5 Å². The number of benzene rings is 1. The van der Waals surface area contributed by atoms with Gasteiger partial charge in [0.1, 0.15) is 4.90 Å². The van der Waals surface area contributed by atoms with Crippen LogP contribution in [-0.2, 0) is 21.3 Å². The molecule has 1 heterocycles. The highest BCUT2D eigenvalue weighted by Crippen LogP contribution is 2.23.